The molecule has 0 fully saturated rings. The highest BCUT2D eigenvalue weighted by Crippen LogP contribution is 2.20. The minimum atomic E-state index is 0.551. The topological polar surface area (TPSA) is 50.8 Å². The predicted octanol–water partition coefficient (Wildman–Crippen LogP) is 3.06. The summed E-state index contributed by atoms with van der Waals surface area (Å²) in [7, 11) is 0. The van der Waals surface area contributed by atoms with E-state index in [0.29, 0.717) is 11.5 Å². The fourth-order valence-electron chi connectivity index (χ4n) is 1.66. The van der Waals surface area contributed by atoms with Gasteiger partial charge in [-0.2, -0.15) is 4.98 Å². The molecule has 0 bridgehead atoms. The zero-order valence-corrected chi connectivity index (χ0v) is 9.34. The van der Waals surface area contributed by atoms with E-state index in [0.717, 1.165) is 17.1 Å². The van der Waals surface area contributed by atoms with Crippen molar-refractivity contribution in [3.63, 3.8) is 0 Å². The first-order valence-electron chi connectivity index (χ1n) is 5.37. The second-order valence-electron chi connectivity index (χ2n) is 3.76. The van der Waals surface area contributed by atoms with Crippen molar-refractivity contribution in [3.8, 4) is 11.6 Å². The van der Waals surface area contributed by atoms with Crippen molar-refractivity contribution in [1.29, 1.82) is 0 Å². The quantitative estimate of drug-likeness (QED) is 0.729. The molecule has 2 aromatic heterocycles. The summed E-state index contributed by atoms with van der Waals surface area (Å²) in [6, 6.07) is 13.3. The number of fused-ring (bicyclic) bond motifs is 1. The summed E-state index contributed by atoms with van der Waals surface area (Å²) in [5.74, 6) is 2.17. The van der Waals surface area contributed by atoms with Crippen molar-refractivity contribution in [3.05, 3.63) is 48.3 Å². The minimum Gasteiger partial charge on any atom is -0.439 e. The summed E-state index contributed by atoms with van der Waals surface area (Å²) >= 11 is 0. The van der Waals surface area contributed by atoms with Crippen molar-refractivity contribution in [2.75, 3.05) is 0 Å². The number of hydrogen-bond acceptors (Lipinski definition) is 3. The Labute approximate surface area is 98.3 Å². The zero-order valence-electron chi connectivity index (χ0n) is 9.34. The molecule has 1 aromatic carbocycles. The van der Waals surface area contributed by atoms with Gasteiger partial charge in [-0.15, -0.1) is 0 Å². The molecular formula is C13H11N3O. The SMILES string of the molecule is Cc1nc2nc(Oc3ccccc3)ccc2[nH]1. The standard InChI is InChI=1S/C13H11N3O/c1-9-14-11-7-8-12(16-13(11)15-9)17-10-5-3-2-4-6-10/h2-8H,1H3,(H,14,15,16). The Morgan fingerprint density at radius 3 is 2.65 bits per heavy atom. The van der Waals surface area contributed by atoms with E-state index in [9.17, 15) is 0 Å². The van der Waals surface area contributed by atoms with Crippen LogP contribution < -0.4 is 4.74 Å². The third-order valence-corrected chi connectivity index (χ3v) is 2.40. The number of aromatic nitrogens is 3. The normalized spacial score (nSPS) is 10.6. The van der Waals surface area contributed by atoms with Gasteiger partial charge in [0, 0.05) is 6.07 Å². The third kappa shape index (κ3) is 1.97. The number of benzene rings is 1. The van der Waals surface area contributed by atoms with E-state index in [1.54, 1.807) is 0 Å². The van der Waals surface area contributed by atoms with E-state index >= 15 is 0 Å². The number of aromatic amines is 1. The Morgan fingerprint density at radius 2 is 1.82 bits per heavy atom. The van der Waals surface area contributed by atoms with E-state index in [4.69, 9.17) is 4.74 Å². The first-order chi connectivity index (χ1) is 8.31. The van der Waals surface area contributed by atoms with Crippen LogP contribution in [0.5, 0.6) is 11.6 Å². The molecule has 0 aliphatic carbocycles. The van der Waals surface area contributed by atoms with Crippen molar-refractivity contribution in [1.82, 2.24) is 15.0 Å². The first-order valence-corrected chi connectivity index (χ1v) is 5.37. The van der Waals surface area contributed by atoms with Crippen LogP contribution in [0.15, 0.2) is 42.5 Å². The lowest BCUT2D eigenvalue weighted by Gasteiger charge is -2.03. The second kappa shape index (κ2) is 3.90. The van der Waals surface area contributed by atoms with Crippen LogP contribution in [0.1, 0.15) is 5.82 Å². The van der Waals surface area contributed by atoms with Crippen LogP contribution in [0.2, 0.25) is 0 Å². The number of nitrogens with zero attached hydrogens (tertiary/aromatic N) is 2. The molecule has 0 unspecified atom stereocenters. The van der Waals surface area contributed by atoms with Gasteiger partial charge in [0.25, 0.3) is 0 Å². The molecule has 0 radical (unpaired) electrons. The van der Waals surface area contributed by atoms with Gasteiger partial charge in [0.1, 0.15) is 11.6 Å². The summed E-state index contributed by atoms with van der Waals surface area (Å²) in [4.78, 5) is 11.7. The van der Waals surface area contributed by atoms with E-state index in [1.165, 1.54) is 0 Å². The van der Waals surface area contributed by atoms with Gasteiger partial charge < -0.3 is 9.72 Å². The maximum atomic E-state index is 5.63. The number of para-hydroxylation sites is 1. The number of ether oxygens (including phenoxy) is 1. The van der Waals surface area contributed by atoms with Gasteiger partial charge in [-0.1, -0.05) is 18.2 Å². The van der Waals surface area contributed by atoms with Crippen LogP contribution in [-0.2, 0) is 0 Å². The van der Waals surface area contributed by atoms with Gasteiger partial charge in [-0.05, 0) is 25.1 Å². The monoisotopic (exact) mass is 225 g/mol. The Morgan fingerprint density at radius 1 is 1.00 bits per heavy atom. The summed E-state index contributed by atoms with van der Waals surface area (Å²) in [6.45, 7) is 1.90. The molecular weight excluding hydrogens is 214 g/mol. The van der Waals surface area contributed by atoms with Crippen molar-refractivity contribution < 1.29 is 4.74 Å². The molecule has 17 heavy (non-hydrogen) atoms. The molecule has 3 rings (SSSR count). The average Bonchev–Trinajstić information content (AvgIpc) is 2.70. The first kappa shape index (κ1) is 9.84. The molecule has 2 heterocycles. The Bertz CT molecular complexity index is 646. The average molecular weight is 225 g/mol. The van der Waals surface area contributed by atoms with E-state index in [-0.39, 0.29) is 0 Å². The molecule has 3 aromatic rings. The Hall–Kier alpha value is -2.36. The molecule has 0 aliphatic heterocycles. The maximum absolute atomic E-state index is 5.63. The maximum Gasteiger partial charge on any atom is 0.221 e. The third-order valence-electron chi connectivity index (χ3n) is 2.40. The molecule has 0 spiro atoms. The largest absolute Gasteiger partial charge is 0.439 e. The molecule has 0 saturated heterocycles. The molecule has 0 aliphatic rings. The lowest BCUT2D eigenvalue weighted by Crippen LogP contribution is -1.87. The summed E-state index contributed by atoms with van der Waals surface area (Å²) < 4.78 is 5.63. The van der Waals surface area contributed by atoms with Crippen LogP contribution in [0.3, 0.4) is 0 Å². The highest BCUT2D eigenvalue weighted by Gasteiger charge is 2.03. The number of imidazole rings is 1. The summed E-state index contributed by atoms with van der Waals surface area (Å²) in [5.41, 5.74) is 1.60. The zero-order chi connectivity index (χ0) is 11.7. The highest BCUT2D eigenvalue weighted by molar-refractivity contribution is 5.71. The fourth-order valence-corrected chi connectivity index (χ4v) is 1.66. The second-order valence-corrected chi connectivity index (χ2v) is 3.76. The van der Waals surface area contributed by atoms with E-state index < -0.39 is 0 Å². The Balaban J connectivity index is 1.95. The van der Waals surface area contributed by atoms with Crippen molar-refractivity contribution in [2.24, 2.45) is 0 Å². The lowest BCUT2D eigenvalue weighted by molar-refractivity contribution is 0.465. The number of rotatable bonds is 2. The van der Waals surface area contributed by atoms with Gasteiger partial charge >= 0.3 is 0 Å². The van der Waals surface area contributed by atoms with Crippen LogP contribution >= 0.6 is 0 Å². The van der Waals surface area contributed by atoms with Gasteiger partial charge in [-0.25, -0.2) is 4.98 Å². The van der Waals surface area contributed by atoms with Crippen molar-refractivity contribution in [2.45, 2.75) is 6.92 Å². The lowest BCUT2D eigenvalue weighted by atomic mass is 10.3. The predicted molar refractivity (Wildman–Crippen MR) is 65.1 cm³/mol. The van der Waals surface area contributed by atoms with Gasteiger partial charge in [-0.3, -0.25) is 0 Å². The molecule has 1 N–H and O–H groups in total. The highest BCUT2D eigenvalue weighted by atomic mass is 16.5. The van der Waals surface area contributed by atoms with Crippen LogP contribution in [0.25, 0.3) is 11.2 Å². The molecule has 84 valence electrons. The van der Waals surface area contributed by atoms with E-state index in [1.807, 2.05) is 49.4 Å². The molecule has 4 nitrogen and oxygen atoms in total. The van der Waals surface area contributed by atoms with Crippen molar-refractivity contribution >= 4 is 11.2 Å². The fraction of sp³-hybridized carbons (Fsp3) is 0.0769. The number of H-pyrrole nitrogens is 1. The number of hydrogen-bond donors (Lipinski definition) is 1. The van der Waals surface area contributed by atoms with Gasteiger partial charge in [0.05, 0.1) is 5.52 Å². The van der Waals surface area contributed by atoms with Gasteiger partial charge in [0.15, 0.2) is 5.65 Å². The molecule has 4 heteroatoms. The minimum absolute atomic E-state index is 0.551. The van der Waals surface area contributed by atoms with Crippen LogP contribution in [0.4, 0.5) is 0 Å². The summed E-state index contributed by atoms with van der Waals surface area (Å²) in [6.07, 6.45) is 0. The summed E-state index contributed by atoms with van der Waals surface area (Å²) in [5, 5.41) is 0. The van der Waals surface area contributed by atoms with Crippen LogP contribution in [0, 0.1) is 6.92 Å². The molecule has 0 atom stereocenters. The molecule has 0 saturated carbocycles. The number of aryl methyl sites for hydroxylation is 1. The van der Waals surface area contributed by atoms with Crippen LogP contribution in [-0.4, -0.2) is 15.0 Å². The molecule has 0 amide bonds. The number of pyridine rings is 1. The number of nitrogens with one attached hydrogen (secondary N) is 1. The smallest absolute Gasteiger partial charge is 0.221 e. The van der Waals surface area contributed by atoms with Gasteiger partial charge in [0.2, 0.25) is 5.88 Å². The van der Waals surface area contributed by atoms with E-state index in [2.05, 4.69) is 15.0 Å². The Kier molecular flexibility index (Phi) is 2.26.